The summed E-state index contributed by atoms with van der Waals surface area (Å²) in [6.45, 7) is 4.17. The summed E-state index contributed by atoms with van der Waals surface area (Å²) in [6.07, 6.45) is 47.8. The molecule has 0 aromatic carbocycles. The van der Waals surface area contributed by atoms with Crippen molar-refractivity contribution in [1.29, 1.82) is 0 Å². The summed E-state index contributed by atoms with van der Waals surface area (Å²) in [4.78, 5) is 35.3. The predicted molar refractivity (Wildman–Crippen MR) is 233 cm³/mol. The third-order valence-electron chi connectivity index (χ3n) is 8.41. The van der Waals surface area contributed by atoms with Crippen molar-refractivity contribution >= 4 is 19.8 Å². The molecule has 1 unspecified atom stereocenters. The molecule has 0 saturated carbocycles. The molecule has 0 radical (unpaired) electrons. The van der Waals surface area contributed by atoms with Gasteiger partial charge in [-0.15, -0.1) is 0 Å². The first-order valence-electron chi connectivity index (χ1n) is 21.3. The van der Waals surface area contributed by atoms with E-state index in [0.717, 1.165) is 70.6 Å². The number of hydrogen-bond donors (Lipinski definition) is 1. The van der Waals surface area contributed by atoms with Crippen molar-refractivity contribution in [2.45, 2.75) is 148 Å². The Hall–Kier alpha value is -2.81. The fourth-order valence-corrected chi connectivity index (χ4v) is 5.82. The van der Waals surface area contributed by atoms with E-state index < -0.39 is 32.5 Å². The fourth-order valence-electron chi connectivity index (χ4n) is 5.08. The molecule has 0 rings (SSSR count). The van der Waals surface area contributed by atoms with Crippen LogP contribution in [0.4, 0.5) is 0 Å². The summed E-state index contributed by atoms with van der Waals surface area (Å²) in [5.41, 5.74) is 0. The Morgan fingerprint density at radius 2 is 1.04 bits per heavy atom. The number of rotatable bonds is 37. The van der Waals surface area contributed by atoms with Gasteiger partial charge in [-0.25, -0.2) is 4.57 Å². The fraction of sp³-hybridized carbons (Fsp3) is 0.652. The minimum atomic E-state index is -4.40. The first-order valence-corrected chi connectivity index (χ1v) is 22.8. The Labute approximate surface area is 341 Å². The number of quaternary nitrogens is 1. The monoisotopic (exact) mass is 805 g/mol. The predicted octanol–water partition coefficient (Wildman–Crippen LogP) is 12.0. The molecule has 0 aromatic heterocycles. The van der Waals surface area contributed by atoms with Crippen molar-refractivity contribution in [3.63, 3.8) is 0 Å². The SMILES string of the molecule is CC/C=C\C/C=C\C/C=C\CCCCCCCC(=O)OC[C@H](COP(=O)(O)OCC[N+](C)(C)C)OC(=O)CCC/C=C\C/C=C\C/C=C\C/C=C\CCCCC. The number of phosphoric acid groups is 1. The van der Waals surface area contributed by atoms with Gasteiger partial charge in [0.05, 0.1) is 27.7 Å². The quantitative estimate of drug-likeness (QED) is 0.0217. The normalized spacial score (nSPS) is 14.5. The largest absolute Gasteiger partial charge is 0.472 e. The lowest BCUT2D eigenvalue weighted by Gasteiger charge is -2.24. The number of esters is 2. The van der Waals surface area contributed by atoms with Crippen LogP contribution in [0.3, 0.4) is 0 Å². The van der Waals surface area contributed by atoms with Gasteiger partial charge < -0.3 is 18.9 Å². The second kappa shape index (κ2) is 37.7. The lowest BCUT2D eigenvalue weighted by atomic mass is 10.1. The van der Waals surface area contributed by atoms with Gasteiger partial charge in [0, 0.05) is 12.8 Å². The highest BCUT2D eigenvalue weighted by atomic mass is 31.2. The molecule has 0 fully saturated rings. The van der Waals surface area contributed by atoms with Crippen molar-refractivity contribution in [3.05, 3.63) is 85.1 Å². The van der Waals surface area contributed by atoms with E-state index in [9.17, 15) is 19.0 Å². The van der Waals surface area contributed by atoms with Crippen LogP contribution in [0.1, 0.15) is 142 Å². The Morgan fingerprint density at radius 1 is 0.571 bits per heavy atom. The zero-order chi connectivity index (χ0) is 41.4. The maximum absolute atomic E-state index is 12.7. The number of carbonyl (C=O) groups is 2. The number of carbonyl (C=O) groups excluding carboxylic acids is 2. The van der Waals surface area contributed by atoms with Gasteiger partial charge in [0.15, 0.2) is 6.10 Å². The zero-order valence-electron chi connectivity index (χ0n) is 35.8. The van der Waals surface area contributed by atoms with E-state index in [2.05, 4.69) is 92.8 Å². The molecule has 0 heterocycles. The van der Waals surface area contributed by atoms with Gasteiger partial charge in [-0.05, 0) is 83.5 Å². The van der Waals surface area contributed by atoms with Gasteiger partial charge in [0.1, 0.15) is 19.8 Å². The van der Waals surface area contributed by atoms with Gasteiger partial charge in [0.2, 0.25) is 0 Å². The van der Waals surface area contributed by atoms with E-state index in [1.165, 1.54) is 25.7 Å². The molecule has 1 N–H and O–H groups in total. The van der Waals surface area contributed by atoms with Gasteiger partial charge >= 0.3 is 19.8 Å². The molecule has 0 amide bonds. The molecule has 0 aliphatic rings. The summed E-state index contributed by atoms with van der Waals surface area (Å²) in [5.74, 6) is -0.894. The van der Waals surface area contributed by atoms with Crippen LogP contribution in [0.15, 0.2) is 85.1 Å². The maximum Gasteiger partial charge on any atom is 0.472 e. The van der Waals surface area contributed by atoms with Crippen molar-refractivity contribution in [2.24, 2.45) is 0 Å². The number of likely N-dealkylation sites (N-methyl/N-ethyl adjacent to an activating group) is 1. The molecule has 0 saturated heterocycles. The molecule has 320 valence electrons. The second-order valence-electron chi connectivity index (χ2n) is 15.0. The van der Waals surface area contributed by atoms with Crippen LogP contribution >= 0.6 is 7.82 Å². The van der Waals surface area contributed by atoms with E-state index in [-0.39, 0.29) is 26.1 Å². The summed E-state index contributed by atoms with van der Waals surface area (Å²) in [6, 6.07) is 0. The summed E-state index contributed by atoms with van der Waals surface area (Å²) >= 11 is 0. The third kappa shape index (κ3) is 40.8. The maximum atomic E-state index is 12.7. The molecular formula is C46H79NO8P+. The lowest BCUT2D eigenvalue weighted by molar-refractivity contribution is -0.870. The van der Waals surface area contributed by atoms with Crippen LogP contribution in [0.5, 0.6) is 0 Å². The highest BCUT2D eigenvalue weighted by Crippen LogP contribution is 2.43. The molecule has 0 aliphatic heterocycles. The Kier molecular flexibility index (Phi) is 35.9. The highest BCUT2D eigenvalue weighted by molar-refractivity contribution is 7.47. The molecule has 10 heteroatoms. The van der Waals surface area contributed by atoms with Crippen LogP contribution in [-0.2, 0) is 32.7 Å². The second-order valence-corrected chi connectivity index (χ2v) is 16.4. The molecule has 9 nitrogen and oxygen atoms in total. The minimum Gasteiger partial charge on any atom is -0.462 e. The minimum absolute atomic E-state index is 0.0138. The molecule has 0 spiro atoms. The topological polar surface area (TPSA) is 108 Å². The van der Waals surface area contributed by atoms with E-state index in [1.54, 1.807) is 0 Å². The number of allylic oxidation sites excluding steroid dienone is 14. The lowest BCUT2D eigenvalue weighted by Crippen LogP contribution is -2.37. The number of phosphoric ester groups is 1. The van der Waals surface area contributed by atoms with Crippen LogP contribution in [0.25, 0.3) is 0 Å². The highest BCUT2D eigenvalue weighted by Gasteiger charge is 2.27. The van der Waals surface area contributed by atoms with Crippen LogP contribution < -0.4 is 0 Å². The molecular weight excluding hydrogens is 725 g/mol. The Bertz CT molecular complexity index is 1230. The van der Waals surface area contributed by atoms with E-state index in [4.69, 9.17) is 18.5 Å². The van der Waals surface area contributed by atoms with Gasteiger partial charge in [-0.1, -0.05) is 131 Å². The Balaban J connectivity index is 4.53. The zero-order valence-corrected chi connectivity index (χ0v) is 36.7. The van der Waals surface area contributed by atoms with E-state index in [0.29, 0.717) is 30.3 Å². The Morgan fingerprint density at radius 3 is 1.57 bits per heavy atom. The molecule has 0 aromatic rings. The first-order chi connectivity index (χ1) is 27.0. The van der Waals surface area contributed by atoms with Gasteiger partial charge in [0.25, 0.3) is 0 Å². The number of nitrogens with zero attached hydrogens (tertiary/aromatic N) is 1. The summed E-state index contributed by atoms with van der Waals surface area (Å²) in [5, 5.41) is 0. The summed E-state index contributed by atoms with van der Waals surface area (Å²) in [7, 11) is 1.42. The number of unbranched alkanes of at least 4 members (excludes halogenated alkanes) is 9. The van der Waals surface area contributed by atoms with Crippen molar-refractivity contribution in [2.75, 3.05) is 47.5 Å². The van der Waals surface area contributed by atoms with Crippen LogP contribution in [0.2, 0.25) is 0 Å². The number of hydrogen-bond acceptors (Lipinski definition) is 7. The number of ether oxygens (including phenoxy) is 2. The molecule has 0 aliphatic carbocycles. The van der Waals surface area contributed by atoms with Crippen LogP contribution in [0, 0.1) is 0 Å². The van der Waals surface area contributed by atoms with E-state index >= 15 is 0 Å². The van der Waals surface area contributed by atoms with Crippen molar-refractivity contribution in [3.8, 4) is 0 Å². The van der Waals surface area contributed by atoms with Crippen molar-refractivity contribution in [1.82, 2.24) is 0 Å². The third-order valence-corrected chi connectivity index (χ3v) is 9.39. The van der Waals surface area contributed by atoms with Crippen molar-refractivity contribution < 1.29 is 42.1 Å². The van der Waals surface area contributed by atoms with E-state index in [1.807, 2.05) is 27.2 Å². The standard InChI is InChI=1S/C46H78NO8P/c1-6-8-10-12-14-16-18-20-22-23-25-27-29-31-33-35-37-39-46(49)55-44(43-54-56(50,51)53-41-40-47(3,4)5)42-52-45(48)38-36-34-32-30-28-26-24-21-19-17-15-13-11-9-7-2/h9,11,14-17,20-22,24-25,27,31,33,44H,6-8,10,12-13,18-19,23,26,28-30,32,34-43H2,1-5H3/p+1/b11-9-,16-14-,17-15-,22-20-,24-21-,27-25-,33-31-/t44-/m1/s1. The molecule has 2 atom stereocenters. The average molecular weight is 805 g/mol. The molecule has 56 heavy (non-hydrogen) atoms. The van der Waals surface area contributed by atoms with Crippen LogP contribution in [-0.4, -0.2) is 74.9 Å². The smallest absolute Gasteiger partial charge is 0.462 e. The molecule has 0 bridgehead atoms. The van der Waals surface area contributed by atoms with Gasteiger partial charge in [-0.3, -0.25) is 18.6 Å². The summed E-state index contributed by atoms with van der Waals surface area (Å²) < 4.78 is 34.2. The first kappa shape index (κ1) is 53.2. The average Bonchev–Trinajstić information content (AvgIpc) is 3.15. The van der Waals surface area contributed by atoms with Gasteiger partial charge in [-0.2, -0.15) is 0 Å².